The van der Waals surface area contributed by atoms with Gasteiger partial charge in [0, 0.05) is 11.0 Å². The largest absolute Gasteiger partial charge is 0.497 e. The Morgan fingerprint density at radius 2 is 2.22 bits per heavy atom. The molecule has 1 aromatic carbocycles. The first-order valence-electron chi connectivity index (χ1n) is 5.35. The van der Waals surface area contributed by atoms with Gasteiger partial charge in [-0.15, -0.1) is 0 Å². The number of rotatable bonds is 2. The topological polar surface area (TPSA) is 64.6 Å². The van der Waals surface area contributed by atoms with E-state index in [1.807, 2.05) is 0 Å². The van der Waals surface area contributed by atoms with E-state index in [9.17, 15) is 8.42 Å². The summed E-state index contributed by atoms with van der Waals surface area (Å²) in [6, 6.07) is 7.15. The number of hydroxylamine groups is 1. The fourth-order valence-electron chi connectivity index (χ4n) is 2.03. The molecular formula is C12H11NO4S. The molecule has 0 amide bonds. The van der Waals surface area contributed by atoms with Gasteiger partial charge in [-0.05, 0) is 18.2 Å². The molecule has 1 atom stereocenters. The molecule has 0 radical (unpaired) electrons. The van der Waals surface area contributed by atoms with Crippen LogP contribution >= 0.6 is 0 Å². The summed E-state index contributed by atoms with van der Waals surface area (Å²) in [6.45, 7) is 0. The van der Waals surface area contributed by atoms with Crippen LogP contribution in [0.1, 0.15) is 5.56 Å². The third-order valence-electron chi connectivity index (χ3n) is 2.89. The minimum absolute atomic E-state index is 0.260. The lowest BCUT2D eigenvalue weighted by Gasteiger charge is -2.06. The van der Waals surface area contributed by atoms with Gasteiger partial charge in [0.2, 0.25) is 9.84 Å². The summed E-state index contributed by atoms with van der Waals surface area (Å²) in [7, 11) is -1.81. The molecule has 2 aliphatic heterocycles. The van der Waals surface area contributed by atoms with E-state index < -0.39 is 15.9 Å². The first kappa shape index (κ1) is 11.3. The average molecular weight is 265 g/mol. The van der Waals surface area contributed by atoms with E-state index in [0.717, 1.165) is 5.56 Å². The molecule has 0 bridgehead atoms. The highest BCUT2D eigenvalue weighted by molar-refractivity contribution is 7.98. The summed E-state index contributed by atoms with van der Waals surface area (Å²) in [5.41, 5.74) is 3.87. The van der Waals surface area contributed by atoms with Gasteiger partial charge in [0.15, 0.2) is 0 Å². The van der Waals surface area contributed by atoms with Crippen LogP contribution < -0.4 is 10.2 Å². The zero-order valence-corrected chi connectivity index (χ0v) is 10.4. The summed E-state index contributed by atoms with van der Waals surface area (Å²) in [5.74, 6) is 0.661. The monoisotopic (exact) mass is 265 g/mol. The van der Waals surface area contributed by atoms with Crippen LogP contribution in [-0.4, -0.2) is 21.6 Å². The van der Waals surface area contributed by atoms with E-state index >= 15 is 0 Å². The minimum Gasteiger partial charge on any atom is -0.497 e. The number of ether oxygens (including phenoxy) is 1. The van der Waals surface area contributed by atoms with Crippen LogP contribution in [0.4, 0.5) is 0 Å². The lowest BCUT2D eigenvalue weighted by Crippen LogP contribution is -2.09. The molecule has 2 aliphatic rings. The van der Waals surface area contributed by atoms with Crippen molar-refractivity contribution in [3.63, 3.8) is 0 Å². The zero-order valence-electron chi connectivity index (χ0n) is 9.58. The predicted octanol–water partition coefficient (Wildman–Crippen LogP) is 1.21. The summed E-state index contributed by atoms with van der Waals surface area (Å²) < 4.78 is 28.9. The van der Waals surface area contributed by atoms with Gasteiger partial charge >= 0.3 is 0 Å². The van der Waals surface area contributed by atoms with Crippen LogP contribution in [-0.2, 0) is 14.7 Å². The van der Waals surface area contributed by atoms with E-state index in [2.05, 4.69) is 5.48 Å². The van der Waals surface area contributed by atoms with Crippen molar-refractivity contribution in [3.05, 3.63) is 46.2 Å². The Bertz CT molecular complexity index is 660. The van der Waals surface area contributed by atoms with E-state index in [0.29, 0.717) is 11.4 Å². The lowest BCUT2D eigenvalue weighted by molar-refractivity contribution is 0.0777. The van der Waals surface area contributed by atoms with Crippen LogP contribution in [0.3, 0.4) is 0 Å². The van der Waals surface area contributed by atoms with Crippen molar-refractivity contribution in [3.8, 4) is 5.75 Å². The number of methoxy groups -OCH3 is 1. The second kappa shape index (κ2) is 3.86. The van der Waals surface area contributed by atoms with Gasteiger partial charge in [-0.3, -0.25) is 10.3 Å². The van der Waals surface area contributed by atoms with Crippen molar-refractivity contribution >= 4 is 15.5 Å². The summed E-state index contributed by atoms with van der Waals surface area (Å²) in [5, 5.41) is 1.17. The molecule has 0 saturated heterocycles. The normalized spacial score (nSPS) is 23.9. The third kappa shape index (κ3) is 1.61. The molecule has 0 aromatic heterocycles. The molecule has 0 saturated carbocycles. The number of hydrogen-bond donors (Lipinski definition) is 1. The molecule has 94 valence electrons. The second-order valence-electron chi connectivity index (χ2n) is 3.99. The third-order valence-corrected chi connectivity index (χ3v) is 4.46. The smallest absolute Gasteiger partial charge is 0.200 e. The maximum Gasteiger partial charge on any atom is 0.200 e. The van der Waals surface area contributed by atoms with Crippen LogP contribution in [0.2, 0.25) is 0 Å². The van der Waals surface area contributed by atoms with Crippen molar-refractivity contribution in [2.24, 2.45) is 0 Å². The standard InChI is InChI=1S/C12H11NO4S/c1-16-9-4-2-3-8(7-9)11-12-10(17-13-11)5-6-18(12,14)15/h2-7,10,13H,1H3. The van der Waals surface area contributed by atoms with Crippen LogP contribution in [0.5, 0.6) is 5.75 Å². The second-order valence-corrected chi connectivity index (χ2v) is 5.79. The Kier molecular flexibility index (Phi) is 2.42. The van der Waals surface area contributed by atoms with E-state index in [1.165, 1.54) is 11.5 Å². The van der Waals surface area contributed by atoms with Gasteiger partial charge in [-0.2, -0.15) is 0 Å². The highest BCUT2D eigenvalue weighted by Gasteiger charge is 2.38. The zero-order chi connectivity index (χ0) is 12.8. The molecule has 1 N–H and O–H groups in total. The Balaban J connectivity index is 2.14. The molecule has 0 aliphatic carbocycles. The summed E-state index contributed by atoms with van der Waals surface area (Å²) in [6.07, 6.45) is 0.987. The van der Waals surface area contributed by atoms with Crippen LogP contribution in [0, 0.1) is 0 Å². The van der Waals surface area contributed by atoms with Crippen molar-refractivity contribution < 1.29 is 18.0 Å². The Labute approximate surface area is 105 Å². The highest BCUT2D eigenvalue weighted by atomic mass is 32.2. The number of fused-ring (bicyclic) bond motifs is 1. The first-order valence-corrected chi connectivity index (χ1v) is 6.90. The first-order chi connectivity index (χ1) is 8.62. The summed E-state index contributed by atoms with van der Waals surface area (Å²) in [4.78, 5) is 5.48. The van der Waals surface area contributed by atoms with E-state index in [-0.39, 0.29) is 4.91 Å². The van der Waals surface area contributed by atoms with Gasteiger partial charge < -0.3 is 4.74 Å². The molecule has 5 nitrogen and oxygen atoms in total. The van der Waals surface area contributed by atoms with Gasteiger partial charge in [0.05, 0.1) is 12.8 Å². The molecule has 0 spiro atoms. The van der Waals surface area contributed by atoms with Gasteiger partial charge in [0.1, 0.15) is 16.8 Å². The average Bonchev–Trinajstić information content (AvgIpc) is 2.92. The molecule has 18 heavy (non-hydrogen) atoms. The fourth-order valence-corrected chi connectivity index (χ4v) is 3.42. The van der Waals surface area contributed by atoms with Crippen molar-refractivity contribution in [2.75, 3.05) is 7.11 Å². The molecule has 2 heterocycles. The van der Waals surface area contributed by atoms with Crippen LogP contribution in [0.25, 0.3) is 5.70 Å². The number of nitrogens with one attached hydrogen (secondary N) is 1. The summed E-state index contributed by atoms with van der Waals surface area (Å²) >= 11 is 0. The van der Waals surface area contributed by atoms with Gasteiger partial charge in [-0.1, -0.05) is 12.1 Å². The van der Waals surface area contributed by atoms with Crippen molar-refractivity contribution in [1.29, 1.82) is 0 Å². The fraction of sp³-hybridized carbons (Fsp3) is 0.167. The molecule has 6 heteroatoms. The van der Waals surface area contributed by atoms with Crippen molar-refractivity contribution in [2.45, 2.75) is 6.10 Å². The predicted molar refractivity (Wildman–Crippen MR) is 66.0 cm³/mol. The lowest BCUT2D eigenvalue weighted by atomic mass is 10.1. The van der Waals surface area contributed by atoms with E-state index in [1.54, 1.807) is 31.4 Å². The maximum atomic E-state index is 11.9. The van der Waals surface area contributed by atoms with E-state index in [4.69, 9.17) is 9.57 Å². The highest BCUT2D eigenvalue weighted by Crippen LogP contribution is 2.36. The van der Waals surface area contributed by atoms with Gasteiger partial charge in [-0.25, -0.2) is 8.42 Å². The Morgan fingerprint density at radius 1 is 1.39 bits per heavy atom. The molecular weight excluding hydrogens is 254 g/mol. The molecule has 0 fully saturated rings. The Hall–Kier alpha value is -1.79. The number of benzene rings is 1. The maximum absolute atomic E-state index is 11.9. The van der Waals surface area contributed by atoms with Crippen molar-refractivity contribution in [1.82, 2.24) is 5.48 Å². The number of sulfone groups is 1. The quantitative estimate of drug-likeness (QED) is 0.870. The van der Waals surface area contributed by atoms with Gasteiger partial charge in [0.25, 0.3) is 0 Å². The molecule has 1 unspecified atom stereocenters. The van der Waals surface area contributed by atoms with Crippen LogP contribution in [0.15, 0.2) is 40.7 Å². The SMILES string of the molecule is COc1cccc(C2=C3C(C=CS3(=O)=O)ON2)c1. The minimum atomic E-state index is -3.37. The Morgan fingerprint density at radius 3 is 3.00 bits per heavy atom. The molecule has 1 aromatic rings. The molecule has 3 rings (SSSR count). The number of hydrogen-bond acceptors (Lipinski definition) is 5.